The fraction of sp³-hybridized carbons (Fsp3) is 0.625. The van der Waals surface area contributed by atoms with Crippen LogP contribution < -0.4 is 0 Å². The topological polar surface area (TPSA) is 0 Å². The zero-order chi connectivity index (χ0) is 13.8. The lowest BCUT2D eigenvalue weighted by molar-refractivity contribution is 0.593. The largest absolute Gasteiger partial charge is 0.207 e. The molecule has 0 aliphatic rings. The van der Waals surface area contributed by atoms with Crippen molar-refractivity contribution < 1.29 is 4.39 Å². The van der Waals surface area contributed by atoms with Crippen molar-refractivity contribution in [2.24, 2.45) is 11.8 Å². The second-order valence-electron chi connectivity index (χ2n) is 4.54. The third kappa shape index (κ3) is 10.0. The third-order valence-corrected chi connectivity index (χ3v) is 2.29. The van der Waals surface area contributed by atoms with E-state index in [0.29, 0.717) is 5.92 Å². The summed E-state index contributed by atoms with van der Waals surface area (Å²) in [4.78, 5) is 0. The Kier molecular flexibility index (Phi) is 12.7. The summed E-state index contributed by atoms with van der Waals surface area (Å²) in [6.07, 6.45) is 7.39. The highest BCUT2D eigenvalue weighted by Crippen LogP contribution is 2.19. The molecule has 0 saturated carbocycles. The number of allylic oxidation sites excluding steroid dienone is 5. The van der Waals surface area contributed by atoms with Gasteiger partial charge in [0.25, 0.3) is 0 Å². The van der Waals surface area contributed by atoms with Gasteiger partial charge in [-0.25, -0.2) is 4.39 Å². The van der Waals surface area contributed by atoms with Gasteiger partial charge in [0.2, 0.25) is 0 Å². The summed E-state index contributed by atoms with van der Waals surface area (Å²) < 4.78 is 13.3. The Balaban J connectivity index is 0. The van der Waals surface area contributed by atoms with Gasteiger partial charge in [-0.3, -0.25) is 0 Å². The first-order chi connectivity index (χ1) is 7.99. The molecule has 0 rings (SSSR count). The van der Waals surface area contributed by atoms with Gasteiger partial charge in [-0.05, 0) is 36.3 Å². The second-order valence-corrected chi connectivity index (χ2v) is 4.54. The van der Waals surface area contributed by atoms with Crippen LogP contribution >= 0.6 is 0 Å². The summed E-state index contributed by atoms with van der Waals surface area (Å²) in [6.45, 7) is 15.8. The van der Waals surface area contributed by atoms with E-state index in [9.17, 15) is 4.39 Å². The third-order valence-electron chi connectivity index (χ3n) is 2.29. The fourth-order valence-electron chi connectivity index (χ4n) is 1.31. The van der Waals surface area contributed by atoms with Gasteiger partial charge in [0.1, 0.15) is 5.83 Å². The van der Waals surface area contributed by atoms with Crippen molar-refractivity contribution in [1.82, 2.24) is 0 Å². The lowest BCUT2D eigenvalue weighted by Gasteiger charge is -2.07. The highest BCUT2D eigenvalue weighted by Gasteiger charge is 2.04. The summed E-state index contributed by atoms with van der Waals surface area (Å²) in [6, 6.07) is 0. The van der Waals surface area contributed by atoms with Gasteiger partial charge in [0, 0.05) is 0 Å². The average molecular weight is 240 g/mol. The first-order valence-corrected chi connectivity index (χ1v) is 6.67. The summed E-state index contributed by atoms with van der Waals surface area (Å²) >= 11 is 0. The maximum Gasteiger partial charge on any atom is 0.126 e. The van der Waals surface area contributed by atoms with E-state index in [2.05, 4.69) is 26.5 Å². The van der Waals surface area contributed by atoms with Crippen LogP contribution in [0.25, 0.3) is 0 Å². The molecule has 0 amide bonds. The highest BCUT2D eigenvalue weighted by atomic mass is 19.1. The van der Waals surface area contributed by atoms with Crippen molar-refractivity contribution in [3.8, 4) is 0 Å². The Morgan fingerprint density at radius 2 is 1.71 bits per heavy atom. The van der Waals surface area contributed by atoms with E-state index in [0.717, 1.165) is 18.4 Å². The van der Waals surface area contributed by atoms with Crippen LogP contribution in [0.2, 0.25) is 0 Å². The second kappa shape index (κ2) is 11.6. The van der Waals surface area contributed by atoms with E-state index in [4.69, 9.17) is 0 Å². The van der Waals surface area contributed by atoms with E-state index in [1.165, 1.54) is 6.08 Å². The quantitative estimate of drug-likeness (QED) is 0.494. The molecule has 0 aliphatic heterocycles. The molecule has 17 heavy (non-hydrogen) atoms. The van der Waals surface area contributed by atoms with Crippen molar-refractivity contribution >= 4 is 0 Å². The van der Waals surface area contributed by atoms with Crippen LogP contribution in [0.5, 0.6) is 0 Å². The predicted molar refractivity (Wildman–Crippen MR) is 77.7 cm³/mol. The molecular weight excluding hydrogens is 211 g/mol. The van der Waals surface area contributed by atoms with Crippen molar-refractivity contribution in [1.29, 1.82) is 0 Å². The highest BCUT2D eigenvalue weighted by molar-refractivity contribution is 5.29. The molecule has 0 unspecified atom stereocenters. The standard InChI is InChI=1S/C14H23F.C2H6/c1-6-14(15)13(12(4)5)10-8-7-9-11(2)3;1-2/h6,8,10-12H,1,7,9H2,2-5H3;1-2H3/b10-8-,14-13-;. The Morgan fingerprint density at radius 1 is 1.18 bits per heavy atom. The van der Waals surface area contributed by atoms with Crippen LogP contribution in [0, 0.1) is 11.8 Å². The Labute approximate surface area is 107 Å². The lowest BCUT2D eigenvalue weighted by Crippen LogP contribution is -1.93. The predicted octanol–water partition coefficient (Wildman–Crippen LogP) is 6.07. The van der Waals surface area contributed by atoms with Gasteiger partial charge in [-0.2, -0.15) is 0 Å². The maximum absolute atomic E-state index is 13.3. The van der Waals surface area contributed by atoms with Crippen LogP contribution in [-0.2, 0) is 0 Å². The Morgan fingerprint density at radius 3 is 2.06 bits per heavy atom. The first-order valence-electron chi connectivity index (χ1n) is 6.67. The average Bonchev–Trinajstić information content (AvgIpc) is 2.30. The molecule has 0 heterocycles. The molecule has 0 nitrogen and oxygen atoms in total. The molecule has 0 aromatic heterocycles. The van der Waals surface area contributed by atoms with Gasteiger partial charge < -0.3 is 0 Å². The molecule has 0 spiro atoms. The van der Waals surface area contributed by atoms with Crippen LogP contribution in [-0.4, -0.2) is 0 Å². The molecule has 0 N–H and O–H groups in total. The summed E-state index contributed by atoms with van der Waals surface area (Å²) in [5.41, 5.74) is 0.744. The molecule has 0 saturated heterocycles. The van der Waals surface area contributed by atoms with Crippen molar-refractivity contribution in [2.45, 2.75) is 54.4 Å². The van der Waals surface area contributed by atoms with Crippen molar-refractivity contribution in [3.63, 3.8) is 0 Å². The van der Waals surface area contributed by atoms with Crippen LogP contribution in [0.3, 0.4) is 0 Å². The van der Waals surface area contributed by atoms with Gasteiger partial charge in [-0.1, -0.05) is 60.3 Å². The van der Waals surface area contributed by atoms with Crippen LogP contribution in [0.4, 0.5) is 4.39 Å². The van der Waals surface area contributed by atoms with E-state index < -0.39 is 0 Å². The zero-order valence-electron chi connectivity index (χ0n) is 12.4. The fourth-order valence-corrected chi connectivity index (χ4v) is 1.31. The minimum Gasteiger partial charge on any atom is -0.207 e. The molecule has 0 atom stereocenters. The number of halogens is 1. The molecule has 0 fully saturated rings. The normalized spacial score (nSPS) is 12.5. The van der Waals surface area contributed by atoms with Crippen LogP contribution in [0.15, 0.2) is 36.2 Å². The zero-order valence-corrected chi connectivity index (χ0v) is 12.4. The van der Waals surface area contributed by atoms with E-state index in [1.54, 1.807) is 0 Å². The SMILES string of the molecule is C=C/C(F)=C(\C=C/CCC(C)C)C(C)C.CC. The van der Waals surface area contributed by atoms with Gasteiger partial charge in [-0.15, -0.1) is 0 Å². The Bertz CT molecular complexity index is 244. The molecular formula is C16H29F. The molecule has 0 aromatic rings. The van der Waals surface area contributed by atoms with Crippen LogP contribution in [0.1, 0.15) is 54.4 Å². The summed E-state index contributed by atoms with van der Waals surface area (Å²) in [7, 11) is 0. The number of hydrogen-bond donors (Lipinski definition) is 0. The monoisotopic (exact) mass is 240 g/mol. The Hall–Kier alpha value is -0.850. The minimum absolute atomic E-state index is 0.203. The summed E-state index contributed by atoms with van der Waals surface area (Å²) in [5, 5.41) is 0. The van der Waals surface area contributed by atoms with E-state index in [-0.39, 0.29) is 11.7 Å². The smallest absolute Gasteiger partial charge is 0.126 e. The maximum atomic E-state index is 13.3. The molecule has 1 heteroatoms. The lowest BCUT2D eigenvalue weighted by atomic mass is 10.0. The molecule has 100 valence electrons. The van der Waals surface area contributed by atoms with E-state index >= 15 is 0 Å². The van der Waals surface area contributed by atoms with Crippen molar-refractivity contribution in [3.05, 3.63) is 36.2 Å². The number of hydrogen-bond acceptors (Lipinski definition) is 0. The molecule has 0 radical (unpaired) electrons. The van der Waals surface area contributed by atoms with Gasteiger partial charge >= 0.3 is 0 Å². The van der Waals surface area contributed by atoms with Crippen molar-refractivity contribution in [2.75, 3.05) is 0 Å². The van der Waals surface area contributed by atoms with Gasteiger partial charge in [0.05, 0.1) is 0 Å². The minimum atomic E-state index is -0.203. The van der Waals surface area contributed by atoms with Gasteiger partial charge in [0.15, 0.2) is 0 Å². The molecule has 0 aliphatic carbocycles. The summed E-state index contributed by atoms with van der Waals surface area (Å²) in [5.74, 6) is 0.703. The molecule has 0 bridgehead atoms. The molecule has 0 aromatic carbocycles. The number of rotatable bonds is 6. The van der Waals surface area contributed by atoms with E-state index in [1.807, 2.05) is 33.8 Å². The first kappa shape index (κ1) is 18.5.